The van der Waals surface area contributed by atoms with Gasteiger partial charge in [-0.05, 0) is 44.2 Å². The van der Waals surface area contributed by atoms with Crippen molar-refractivity contribution in [3.05, 3.63) is 35.9 Å². The standard InChI is InChI=1S/C20H29N3O3/c24-19(25)15-23(20(26)18-7-4-11-21-18)17-9-13-22(14-10-17)12-8-16-5-2-1-3-6-16/h1-3,5-6,17-18,21H,4,7-15H2,(H,24,25)/t18-/m0/s1. The molecule has 26 heavy (non-hydrogen) atoms. The zero-order valence-corrected chi connectivity index (χ0v) is 15.3. The highest BCUT2D eigenvalue weighted by Crippen LogP contribution is 2.20. The summed E-state index contributed by atoms with van der Waals surface area (Å²) >= 11 is 0. The molecule has 2 saturated heterocycles. The van der Waals surface area contributed by atoms with E-state index in [0.717, 1.165) is 58.3 Å². The van der Waals surface area contributed by atoms with Gasteiger partial charge in [0.2, 0.25) is 5.91 Å². The molecular weight excluding hydrogens is 330 g/mol. The fourth-order valence-electron chi connectivity index (χ4n) is 4.01. The first-order chi connectivity index (χ1) is 12.6. The summed E-state index contributed by atoms with van der Waals surface area (Å²) in [6.45, 7) is 3.49. The molecule has 2 fully saturated rings. The number of carbonyl (C=O) groups excluding carboxylic acids is 1. The van der Waals surface area contributed by atoms with Gasteiger partial charge in [-0.2, -0.15) is 0 Å². The molecule has 3 rings (SSSR count). The molecule has 6 heteroatoms. The number of nitrogens with zero attached hydrogens (tertiary/aromatic N) is 2. The van der Waals surface area contributed by atoms with Gasteiger partial charge in [0.15, 0.2) is 0 Å². The molecule has 0 bridgehead atoms. The number of carboxylic acid groups (broad SMARTS) is 1. The Morgan fingerprint density at radius 2 is 1.88 bits per heavy atom. The zero-order valence-electron chi connectivity index (χ0n) is 15.3. The third kappa shape index (κ3) is 5.05. The quantitative estimate of drug-likeness (QED) is 0.769. The number of hydrogen-bond donors (Lipinski definition) is 2. The molecule has 1 aromatic rings. The van der Waals surface area contributed by atoms with Gasteiger partial charge in [-0.1, -0.05) is 30.3 Å². The van der Waals surface area contributed by atoms with Crippen LogP contribution in [0.5, 0.6) is 0 Å². The Morgan fingerprint density at radius 1 is 1.15 bits per heavy atom. The average molecular weight is 359 g/mol. The maximum Gasteiger partial charge on any atom is 0.323 e. The summed E-state index contributed by atoms with van der Waals surface area (Å²) in [7, 11) is 0. The SMILES string of the molecule is O=C(O)CN(C(=O)[C@@H]1CCCN1)C1CCN(CCc2ccccc2)CC1. The largest absolute Gasteiger partial charge is 0.480 e. The first-order valence-electron chi connectivity index (χ1n) is 9.65. The van der Waals surface area contributed by atoms with Crippen molar-refractivity contribution >= 4 is 11.9 Å². The maximum atomic E-state index is 12.8. The molecule has 2 aliphatic rings. The number of likely N-dealkylation sites (tertiary alicyclic amines) is 1. The fourth-order valence-corrected chi connectivity index (χ4v) is 4.01. The van der Waals surface area contributed by atoms with Gasteiger partial charge in [0.05, 0.1) is 6.04 Å². The fraction of sp³-hybridized carbons (Fsp3) is 0.600. The maximum absolute atomic E-state index is 12.8. The number of carboxylic acids is 1. The van der Waals surface area contributed by atoms with Crippen molar-refractivity contribution in [2.45, 2.75) is 44.2 Å². The average Bonchev–Trinajstić information content (AvgIpc) is 3.20. The van der Waals surface area contributed by atoms with Crippen molar-refractivity contribution < 1.29 is 14.7 Å². The second-order valence-electron chi connectivity index (χ2n) is 7.32. The van der Waals surface area contributed by atoms with Crippen molar-refractivity contribution in [3.63, 3.8) is 0 Å². The topological polar surface area (TPSA) is 72.9 Å². The summed E-state index contributed by atoms with van der Waals surface area (Å²) in [5.41, 5.74) is 1.34. The lowest BCUT2D eigenvalue weighted by Crippen LogP contribution is -2.53. The lowest BCUT2D eigenvalue weighted by molar-refractivity contribution is -0.147. The van der Waals surface area contributed by atoms with Gasteiger partial charge in [-0.15, -0.1) is 0 Å². The van der Waals surface area contributed by atoms with Crippen LogP contribution in [0.4, 0.5) is 0 Å². The van der Waals surface area contributed by atoms with Crippen molar-refractivity contribution in [2.75, 3.05) is 32.7 Å². The Morgan fingerprint density at radius 3 is 2.50 bits per heavy atom. The molecule has 0 spiro atoms. The highest BCUT2D eigenvalue weighted by atomic mass is 16.4. The molecule has 2 aliphatic heterocycles. The number of amides is 1. The van der Waals surface area contributed by atoms with Crippen LogP contribution in [0.1, 0.15) is 31.2 Å². The summed E-state index contributed by atoms with van der Waals surface area (Å²) in [5, 5.41) is 12.4. The van der Waals surface area contributed by atoms with Crippen molar-refractivity contribution in [2.24, 2.45) is 0 Å². The molecule has 1 atom stereocenters. The summed E-state index contributed by atoms with van der Waals surface area (Å²) in [5.74, 6) is -0.963. The summed E-state index contributed by atoms with van der Waals surface area (Å²) in [6.07, 6.45) is 4.51. The first kappa shape index (κ1) is 18.9. The summed E-state index contributed by atoms with van der Waals surface area (Å²) < 4.78 is 0. The van der Waals surface area contributed by atoms with Crippen molar-refractivity contribution in [1.29, 1.82) is 0 Å². The lowest BCUT2D eigenvalue weighted by Gasteiger charge is -2.39. The highest BCUT2D eigenvalue weighted by Gasteiger charge is 2.34. The normalized spacial score (nSPS) is 21.6. The van der Waals surface area contributed by atoms with Crippen LogP contribution < -0.4 is 5.32 Å². The van der Waals surface area contributed by atoms with Crippen LogP contribution in [-0.2, 0) is 16.0 Å². The molecule has 1 amide bonds. The van der Waals surface area contributed by atoms with Crippen LogP contribution >= 0.6 is 0 Å². The molecule has 0 radical (unpaired) electrons. The molecule has 0 aliphatic carbocycles. The number of benzene rings is 1. The Labute approximate surface area is 155 Å². The Kier molecular flexibility index (Phi) is 6.63. The minimum atomic E-state index is -0.928. The van der Waals surface area contributed by atoms with E-state index in [1.807, 2.05) is 6.07 Å². The lowest BCUT2D eigenvalue weighted by atomic mass is 10.0. The van der Waals surface area contributed by atoms with E-state index in [1.165, 1.54) is 5.56 Å². The third-order valence-corrected chi connectivity index (χ3v) is 5.50. The van der Waals surface area contributed by atoms with Crippen LogP contribution in [0, 0.1) is 0 Å². The predicted molar refractivity (Wildman–Crippen MR) is 100.0 cm³/mol. The van der Waals surface area contributed by atoms with E-state index in [2.05, 4.69) is 34.5 Å². The summed E-state index contributed by atoms with van der Waals surface area (Å²) in [6, 6.07) is 10.3. The van der Waals surface area contributed by atoms with E-state index in [9.17, 15) is 14.7 Å². The van der Waals surface area contributed by atoms with Gasteiger partial charge in [0.1, 0.15) is 6.54 Å². The first-order valence-corrected chi connectivity index (χ1v) is 9.65. The van der Waals surface area contributed by atoms with Crippen LogP contribution in [0.25, 0.3) is 0 Å². The number of carbonyl (C=O) groups is 2. The van der Waals surface area contributed by atoms with E-state index in [1.54, 1.807) is 4.90 Å². The molecule has 0 saturated carbocycles. The predicted octanol–water partition coefficient (Wildman–Crippen LogP) is 1.36. The van der Waals surface area contributed by atoms with Gasteiger partial charge >= 0.3 is 5.97 Å². The van der Waals surface area contributed by atoms with E-state index in [0.29, 0.717) is 0 Å². The van der Waals surface area contributed by atoms with Gasteiger partial charge in [-0.3, -0.25) is 9.59 Å². The Hall–Kier alpha value is -1.92. The monoisotopic (exact) mass is 359 g/mol. The van der Waals surface area contributed by atoms with Crippen LogP contribution in [0.15, 0.2) is 30.3 Å². The molecule has 142 valence electrons. The zero-order chi connectivity index (χ0) is 18.4. The molecule has 6 nitrogen and oxygen atoms in total. The second-order valence-corrected chi connectivity index (χ2v) is 7.32. The van der Waals surface area contributed by atoms with Crippen molar-refractivity contribution in [3.8, 4) is 0 Å². The molecule has 2 heterocycles. The highest BCUT2D eigenvalue weighted by molar-refractivity contribution is 5.86. The number of nitrogens with one attached hydrogen (secondary N) is 1. The molecule has 1 aromatic carbocycles. The van der Waals surface area contributed by atoms with Crippen LogP contribution in [0.3, 0.4) is 0 Å². The van der Waals surface area contributed by atoms with E-state index in [-0.39, 0.29) is 24.5 Å². The Balaban J connectivity index is 1.51. The van der Waals surface area contributed by atoms with Gasteiger partial charge in [-0.25, -0.2) is 0 Å². The second kappa shape index (κ2) is 9.14. The van der Waals surface area contributed by atoms with Crippen LogP contribution in [-0.4, -0.2) is 71.6 Å². The van der Waals surface area contributed by atoms with Gasteiger partial charge in [0, 0.05) is 25.7 Å². The van der Waals surface area contributed by atoms with E-state index in [4.69, 9.17) is 0 Å². The van der Waals surface area contributed by atoms with Crippen LogP contribution in [0.2, 0.25) is 0 Å². The van der Waals surface area contributed by atoms with E-state index >= 15 is 0 Å². The number of piperidine rings is 1. The number of hydrogen-bond acceptors (Lipinski definition) is 4. The molecular formula is C20H29N3O3. The smallest absolute Gasteiger partial charge is 0.323 e. The summed E-state index contributed by atoms with van der Waals surface area (Å²) in [4.78, 5) is 28.1. The Bertz CT molecular complexity index is 594. The number of aliphatic carboxylic acids is 1. The molecule has 0 aromatic heterocycles. The van der Waals surface area contributed by atoms with E-state index < -0.39 is 5.97 Å². The third-order valence-electron chi connectivity index (χ3n) is 5.50. The van der Waals surface area contributed by atoms with Gasteiger partial charge in [0.25, 0.3) is 0 Å². The minimum Gasteiger partial charge on any atom is -0.480 e. The molecule has 2 N–H and O–H groups in total. The molecule has 0 unspecified atom stereocenters. The number of rotatable bonds is 7. The van der Waals surface area contributed by atoms with Crippen molar-refractivity contribution in [1.82, 2.24) is 15.1 Å². The van der Waals surface area contributed by atoms with Gasteiger partial charge < -0.3 is 20.2 Å². The minimum absolute atomic E-state index is 0.0346.